The summed E-state index contributed by atoms with van der Waals surface area (Å²) in [6.07, 6.45) is 2.09. The molecule has 3 rings (SSSR count). The zero-order valence-corrected chi connectivity index (χ0v) is 16.9. The summed E-state index contributed by atoms with van der Waals surface area (Å²) in [7, 11) is 3.76. The Morgan fingerprint density at radius 1 is 1.33 bits per heavy atom. The van der Waals surface area contributed by atoms with Crippen LogP contribution in [0.4, 0.5) is 5.13 Å². The molecule has 1 aliphatic heterocycles. The smallest absolute Gasteiger partial charge is 0.245 e. The lowest BCUT2D eigenvalue weighted by Crippen LogP contribution is -2.46. The molecular weight excluding hydrogens is 362 g/mol. The van der Waals surface area contributed by atoms with Crippen molar-refractivity contribution >= 4 is 38.5 Å². The first-order valence-corrected chi connectivity index (χ1v) is 10.1. The third-order valence-corrected chi connectivity index (χ3v) is 5.79. The van der Waals surface area contributed by atoms with Crippen LogP contribution in [0.3, 0.4) is 0 Å². The summed E-state index contributed by atoms with van der Waals surface area (Å²) >= 11 is 1.44. The molecule has 2 heterocycles. The summed E-state index contributed by atoms with van der Waals surface area (Å²) < 4.78 is 1.04. The predicted molar refractivity (Wildman–Crippen MR) is 109 cm³/mol. The molecule has 0 spiro atoms. The second kappa shape index (κ2) is 8.77. The van der Waals surface area contributed by atoms with Crippen molar-refractivity contribution in [2.45, 2.75) is 25.8 Å². The van der Waals surface area contributed by atoms with Crippen molar-refractivity contribution in [1.82, 2.24) is 20.1 Å². The molecule has 1 aromatic heterocycles. The number of anilines is 1. The van der Waals surface area contributed by atoms with E-state index in [1.54, 1.807) is 7.05 Å². The lowest BCUT2D eigenvalue weighted by atomic mass is 10.1. The van der Waals surface area contributed by atoms with E-state index >= 15 is 0 Å². The molecule has 2 amide bonds. The molecule has 0 unspecified atom stereocenters. The zero-order valence-electron chi connectivity index (χ0n) is 16.1. The summed E-state index contributed by atoms with van der Waals surface area (Å²) in [5, 5.41) is 6.67. The molecule has 7 nitrogen and oxygen atoms in total. The average molecular weight is 390 g/mol. The van der Waals surface area contributed by atoms with Crippen LogP contribution in [-0.2, 0) is 9.59 Å². The number of carbonyl (C=O) groups is 2. The average Bonchev–Trinajstić information content (AvgIpc) is 3.01. The zero-order chi connectivity index (χ0) is 19.4. The molecule has 1 saturated heterocycles. The number of benzene rings is 1. The van der Waals surface area contributed by atoms with E-state index in [0.717, 1.165) is 41.7 Å². The molecule has 0 bridgehead atoms. The third-order valence-electron chi connectivity index (χ3n) is 4.86. The highest BCUT2D eigenvalue weighted by molar-refractivity contribution is 7.22. The summed E-state index contributed by atoms with van der Waals surface area (Å²) in [5.74, 6) is -0.315. The van der Waals surface area contributed by atoms with Gasteiger partial charge in [-0.15, -0.1) is 0 Å². The second-order valence-corrected chi connectivity index (χ2v) is 8.28. The van der Waals surface area contributed by atoms with Gasteiger partial charge in [-0.05, 0) is 57.6 Å². The van der Waals surface area contributed by atoms with Crippen LogP contribution in [-0.4, -0.2) is 72.9 Å². The molecule has 0 saturated carbocycles. The van der Waals surface area contributed by atoms with Crippen molar-refractivity contribution in [3.05, 3.63) is 23.8 Å². The van der Waals surface area contributed by atoms with Gasteiger partial charge in [-0.1, -0.05) is 17.4 Å². The fourth-order valence-corrected chi connectivity index (χ4v) is 4.11. The molecule has 146 valence electrons. The van der Waals surface area contributed by atoms with Crippen LogP contribution in [0.2, 0.25) is 0 Å². The molecular formula is C19H27N5O2S. The van der Waals surface area contributed by atoms with E-state index < -0.39 is 0 Å². The monoisotopic (exact) mass is 389 g/mol. The maximum absolute atomic E-state index is 12.3. The first-order chi connectivity index (χ1) is 12.9. The SMILES string of the molecule is Cc1ccc2nc(NC(=O)CN(C)C(=O)CNC3CCN(C)CC3)sc2c1. The maximum atomic E-state index is 12.3. The van der Waals surface area contributed by atoms with Crippen molar-refractivity contribution in [2.75, 3.05) is 45.6 Å². The van der Waals surface area contributed by atoms with E-state index in [4.69, 9.17) is 0 Å². The number of rotatable bonds is 6. The van der Waals surface area contributed by atoms with Gasteiger partial charge in [0.15, 0.2) is 5.13 Å². The van der Waals surface area contributed by atoms with Crippen molar-refractivity contribution in [3.63, 3.8) is 0 Å². The molecule has 2 N–H and O–H groups in total. The van der Waals surface area contributed by atoms with Crippen LogP contribution >= 0.6 is 11.3 Å². The van der Waals surface area contributed by atoms with Gasteiger partial charge in [0.1, 0.15) is 0 Å². The number of aryl methyl sites for hydroxylation is 1. The van der Waals surface area contributed by atoms with Crippen LogP contribution in [0.15, 0.2) is 18.2 Å². The van der Waals surface area contributed by atoms with Crippen molar-refractivity contribution < 1.29 is 9.59 Å². The molecule has 1 aromatic carbocycles. The van der Waals surface area contributed by atoms with Gasteiger partial charge in [0.25, 0.3) is 0 Å². The number of nitrogens with one attached hydrogen (secondary N) is 2. The van der Waals surface area contributed by atoms with Gasteiger partial charge >= 0.3 is 0 Å². The number of nitrogens with zero attached hydrogens (tertiary/aromatic N) is 3. The number of piperidine rings is 1. The van der Waals surface area contributed by atoms with E-state index in [0.29, 0.717) is 11.2 Å². The van der Waals surface area contributed by atoms with Crippen LogP contribution in [0.25, 0.3) is 10.2 Å². The Labute approximate surface area is 163 Å². The molecule has 1 fully saturated rings. The van der Waals surface area contributed by atoms with Gasteiger partial charge in [0, 0.05) is 13.1 Å². The normalized spacial score (nSPS) is 15.8. The van der Waals surface area contributed by atoms with E-state index in [2.05, 4.69) is 27.6 Å². The van der Waals surface area contributed by atoms with Gasteiger partial charge in [0.2, 0.25) is 11.8 Å². The summed E-state index contributed by atoms with van der Waals surface area (Å²) in [5.41, 5.74) is 2.03. The standard InChI is InChI=1S/C19H27N5O2S/c1-13-4-5-15-16(10-13)27-19(21-15)22-17(25)12-24(3)18(26)11-20-14-6-8-23(2)9-7-14/h4-5,10,14,20H,6-9,11-12H2,1-3H3,(H,21,22,25). The highest BCUT2D eigenvalue weighted by Gasteiger charge is 2.19. The molecule has 0 radical (unpaired) electrons. The first kappa shape index (κ1) is 19.7. The lowest BCUT2D eigenvalue weighted by Gasteiger charge is -2.29. The van der Waals surface area contributed by atoms with Gasteiger partial charge in [-0.3, -0.25) is 9.59 Å². The van der Waals surface area contributed by atoms with Crippen LogP contribution in [0, 0.1) is 6.92 Å². The Hall–Kier alpha value is -2.03. The third kappa shape index (κ3) is 5.47. The number of carbonyl (C=O) groups excluding carboxylic acids is 2. The van der Waals surface area contributed by atoms with Crippen molar-refractivity contribution in [3.8, 4) is 0 Å². The number of likely N-dealkylation sites (N-methyl/N-ethyl adjacent to an activating group) is 1. The maximum Gasteiger partial charge on any atom is 0.245 e. The molecule has 27 heavy (non-hydrogen) atoms. The van der Waals surface area contributed by atoms with Crippen molar-refractivity contribution in [1.29, 1.82) is 0 Å². The minimum atomic E-state index is -0.235. The highest BCUT2D eigenvalue weighted by Crippen LogP contribution is 2.26. The summed E-state index contributed by atoms with van der Waals surface area (Å²) in [6.45, 7) is 4.40. The Bertz CT molecular complexity index is 814. The largest absolute Gasteiger partial charge is 0.335 e. The number of fused-ring (bicyclic) bond motifs is 1. The Morgan fingerprint density at radius 3 is 2.81 bits per heavy atom. The van der Waals surface area contributed by atoms with E-state index in [-0.39, 0.29) is 24.9 Å². The number of likely N-dealkylation sites (tertiary alicyclic amines) is 1. The van der Waals surface area contributed by atoms with E-state index in [9.17, 15) is 9.59 Å². The first-order valence-electron chi connectivity index (χ1n) is 9.23. The number of thiazole rings is 1. The molecule has 2 aromatic rings. The predicted octanol–water partition coefficient (Wildman–Crippen LogP) is 1.69. The summed E-state index contributed by atoms with van der Waals surface area (Å²) in [4.78, 5) is 32.7. The number of hydrogen-bond acceptors (Lipinski definition) is 6. The minimum Gasteiger partial charge on any atom is -0.335 e. The number of amides is 2. The van der Waals surface area contributed by atoms with Gasteiger partial charge < -0.3 is 20.4 Å². The van der Waals surface area contributed by atoms with Crippen LogP contribution < -0.4 is 10.6 Å². The van der Waals surface area contributed by atoms with E-state index in [1.807, 2.05) is 25.1 Å². The van der Waals surface area contributed by atoms with Crippen molar-refractivity contribution in [2.24, 2.45) is 0 Å². The number of aromatic nitrogens is 1. The van der Waals surface area contributed by atoms with Gasteiger partial charge in [-0.2, -0.15) is 0 Å². The Balaban J connectivity index is 1.45. The highest BCUT2D eigenvalue weighted by atomic mass is 32.1. The minimum absolute atomic E-state index is 0.0167. The van der Waals surface area contributed by atoms with Crippen LogP contribution in [0.1, 0.15) is 18.4 Å². The number of hydrogen-bond donors (Lipinski definition) is 2. The lowest BCUT2D eigenvalue weighted by molar-refractivity contribution is -0.132. The fraction of sp³-hybridized carbons (Fsp3) is 0.526. The molecule has 8 heteroatoms. The molecule has 0 aliphatic carbocycles. The fourth-order valence-electron chi connectivity index (χ4n) is 3.13. The molecule has 0 atom stereocenters. The second-order valence-electron chi connectivity index (χ2n) is 7.25. The summed E-state index contributed by atoms with van der Waals surface area (Å²) in [6, 6.07) is 6.37. The van der Waals surface area contributed by atoms with E-state index in [1.165, 1.54) is 16.2 Å². The Morgan fingerprint density at radius 2 is 2.07 bits per heavy atom. The topological polar surface area (TPSA) is 77.6 Å². The molecule has 1 aliphatic rings. The van der Waals surface area contributed by atoms with Gasteiger partial charge in [-0.25, -0.2) is 4.98 Å². The van der Waals surface area contributed by atoms with Crippen LogP contribution in [0.5, 0.6) is 0 Å². The van der Waals surface area contributed by atoms with Gasteiger partial charge in [0.05, 0.1) is 23.3 Å². The Kier molecular flexibility index (Phi) is 6.41. The quantitative estimate of drug-likeness (QED) is 0.786.